The number of nitrogens with two attached hydrogens (primary N) is 1. The standard InChI is InChI=1S/C10H14N4O2S/c1-10(2)8(16)13-7(15)5-14(10)9-12-4-6(3-11)17-9/h4H,3,5,11H2,1-2H3,(H,13,15,16). The summed E-state index contributed by atoms with van der Waals surface area (Å²) in [6.45, 7) is 4.07. The van der Waals surface area contributed by atoms with Crippen molar-refractivity contribution in [1.82, 2.24) is 10.3 Å². The van der Waals surface area contributed by atoms with Crippen molar-refractivity contribution < 1.29 is 9.59 Å². The molecule has 2 amide bonds. The van der Waals surface area contributed by atoms with Crippen LogP contribution in [-0.2, 0) is 16.1 Å². The predicted molar refractivity (Wildman–Crippen MR) is 64.6 cm³/mol. The van der Waals surface area contributed by atoms with Crippen LogP contribution in [0.4, 0.5) is 5.13 Å². The van der Waals surface area contributed by atoms with Crippen molar-refractivity contribution in [3.05, 3.63) is 11.1 Å². The molecule has 2 heterocycles. The number of nitrogens with one attached hydrogen (secondary N) is 1. The van der Waals surface area contributed by atoms with Crippen LogP contribution in [0.2, 0.25) is 0 Å². The molecule has 6 nitrogen and oxygen atoms in total. The summed E-state index contributed by atoms with van der Waals surface area (Å²) in [5.41, 5.74) is 4.74. The van der Waals surface area contributed by atoms with Gasteiger partial charge in [-0.1, -0.05) is 0 Å². The van der Waals surface area contributed by atoms with Crippen molar-refractivity contribution in [3.8, 4) is 0 Å². The van der Waals surface area contributed by atoms with E-state index in [0.717, 1.165) is 4.88 Å². The molecule has 1 aliphatic heterocycles. The number of anilines is 1. The van der Waals surface area contributed by atoms with Crippen LogP contribution in [0.1, 0.15) is 18.7 Å². The van der Waals surface area contributed by atoms with Crippen molar-refractivity contribution in [2.75, 3.05) is 11.4 Å². The van der Waals surface area contributed by atoms with E-state index in [4.69, 9.17) is 5.73 Å². The number of imide groups is 1. The lowest BCUT2D eigenvalue weighted by molar-refractivity contribution is -0.135. The van der Waals surface area contributed by atoms with Gasteiger partial charge in [0.25, 0.3) is 5.91 Å². The number of hydrogen-bond acceptors (Lipinski definition) is 6. The molecule has 0 radical (unpaired) electrons. The fourth-order valence-corrected chi connectivity index (χ4v) is 2.54. The third-order valence-electron chi connectivity index (χ3n) is 2.76. The summed E-state index contributed by atoms with van der Waals surface area (Å²) >= 11 is 1.40. The number of hydrogen-bond donors (Lipinski definition) is 2. The summed E-state index contributed by atoms with van der Waals surface area (Å²) in [6, 6.07) is 0. The summed E-state index contributed by atoms with van der Waals surface area (Å²) in [4.78, 5) is 30.0. The van der Waals surface area contributed by atoms with Crippen molar-refractivity contribution in [1.29, 1.82) is 0 Å². The highest BCUT2D eigenvalue weighted by atomic mass is 32.1. The molecule has 7 heteroatoms. The minimum absolute atomic E-state index is 0.135. The number of aromatic nitrogens is 1. The molecule has 1 aromatic heterocycles. The zero-order valence-corrected chi connectivity index (χ0v) is 10.5. The van der Waals surface area contributed by atoms with E-state index in [-0.39, 0.29) is 18.4 Å². The van der Waals surface area contributed by atoms with E-state index in [2.05, 4.69) is 10.3 Å². The van der Waals surface area contributed by atoms with Gasteiger partial charge < -0.3 is 10.6 Å². The molecule has 1 saturated heterocycles. The van der Waals surface area contributed by atoms with Crippen molar-refractivity contribution in [2.45, 2.75) is 25.9 Å². The van der Waals surface area contributed by atoms with E-state index < -0.39 is 5.54 Å². The number of amides is 2. The first kappa shape index (κ1) is 12.0. The van der Waals surface area contributed by atoms with E-state index in [1.807, 2.05) is 0 Å². The van der Waals surface area contributed by atoms with Crippen LogP contribution in [0, 0.1) is 0 Å². The molecule has 0 aliphatic carbocycles. The smallest absolute Gasteiger partial charge is 0.251 e. The Hall–Kier alpha value is -1.47. The molecule has 0 saturated carbocycles. The molecule has 3 N–H and O–H groups in total. The maximum absolute atomic E-state index is 11.8. The number of thiazole rings is 1. The highest BCUT2D eigenvalue weighted by molar-refractivity contribution is 7.15. The number of piperazine rings is 1. The van der Waals surface area contributed by atoms with Gasteiger partial charge in [-0.2, -0.15) is 0 Å². The van der Waals surface area contributed by atoms with E-state index in [1.165, 1.54) is 11.3 Å². The molecule has 1 aliphatic rings. The van der Waals surface area contributed by atoms with Gasteiger partial charge in [0.05, 0.1) is 0 Å². The van der Waals surface area contributed by atoms with E-state index in [9.17, 15) is 9.59 Å². The summed E-state index contributed by atoms with van der Waals surface area (Å²) in [7, 11) is 0. The van der Waals surface area contributed by atoms with Gasteiger partial charge in [0, 0.05) is 17.6 Å². The van der Waals surface area contributed by atoms with Gasteiger partial charge in [0.15, 0.2) is 5.13 Å². The number of carbonyl (C=O) groups excluding carboxylic acids is 2. The Bertz CT molecular complexity index is 469. The monoisotopic (exact) mass is 254 g/mol. The van der Waals surface area contributed by atoms with Crippen LogP contribution >= 0.6 is 11.3 Å². The van der Waals surface area contributed by atoms with Gasteiger partial charge >= 0.3 is 0 Å². The lowest BCUT2D eigenvalue weighted by Crippen LogP contribution is -2.64. The zero-order valence-electron chi connectivity index (χ0n) is 9.69. The Morgan fingerprint density at radius 3 is 2.88 bits per heavy atom. The predicted octanol–water partition coefficient (Wildman–Crippen LogP) is -0.157. The third kappa shape index (κ3) is 2.03. The Balaban J connectivity index is 2.34. The lowest BCUT2D eigenvalue weighted by atomic mass is 10.00. The van der Waals surface area contributed by atoms with Gasteiger partial charge in [-0.25, -0.2) is 4.98 Å². The minimum Gasteiger partial charge on any atom is -0.326 e. The molecule has 2 rings (SSSR count). The van der Waals surface area contributed by atoms with Crippen molar-refractivity contribution >= 4 is 28.3 Å². The molecule has 0 spiro atoms. The van der Waals surface area contributed by atoms with E-state index >= 15 is 0 Å². The Labute approximate surface area is 103 Å². The molecule has 0 atom stereocenters. The molecule has 92 valence electrons. The third-order valence-corrected chi connectivity index (χ3v) is 3.80. The SMILES string of the molecule is CC1(C)C(=O)NC(=O)CN1c1ncc(CN)s1. The van der Waals surface area contributed by atoms with Gasteiger partial charge in [-0.15, -0.1) is 11.3 Å². The van der Waals surface area contributed by atoms with Crippen LogP contribution in [0.5, 0.6) is 0 Å². The Morgan fingerprint density at radius 2 is 2.29 bits per heavy atom. The number of rotatable bonds is 2. The van der Waals surface area contributed by atoms with Gasteiger partial charge in [-0.05, 0) is 13.8 Å². The highest BCUT2D eigenvalue weighted by Gasteiger charge is 2.42. The number of carbonyl (C=O) groups is 2. The summed E-state index contributed by atoms with van der Waals surface area (Å²) < 4.78 is 0. The van der Waals surface area contributed by atoms with Crippen LogP contribution in [0.25, 0.3) is 0 Å². The average Bonchev–Trinajstić information content (AvgIpc) is 2.72. The maximum Gasteiger partial charge on any atom is 0.251 e. The summed E-state index contributed by atoms with van der Waals surface area (Å²) in [5, 5.41) is 2.97. The average molecular weight is 254 g/mol. The second kappa shape index (κ2) is 4.08. The van der Waals surface area contributed by atoms with Crippen LogP contribution < -0.4 is 16.0 Å². The van der Waals surface area contributed by atoms with Crippen molar-refractivity contribution in [2.24, 2.45) is 5.73 Å². The molecule has 0 unspecified atom stereocenters. The molecule has 1 aromatic rings. The second-order valence-corrected chi connectivity index (χ2v) is 5.43. The second-order valence-electron chi connectivity index (χ2n) is 4.34. The zero-order chi connectivity index (χ0) is 12.6. The Kier molecular flexibility index (Phi) is 2.88. The molecule has 0 aromatic carbocycles. The topological polar surface area (TPSA) is 88.3 Å². The molecule has 17 heavy (non-hydrogen) atoms. The molecule has 1 fully saturated rings. The van der Waals surface area contributed by atoms with E-state index in [1.54, 1.807) is 24.9 Å². The van der Waals surface area contributed by atoms with Gasteiger partial charge in [0.1, 0.15) is 12.1 Å². The van der Waals surface area contributed by atoms with Crippen LogP contribution in [0.15, 0.2) is 6.20 Å². The van der Waals surface area contributed by atoms with Crippen molar-refractivity contribution in [3.63, 3.8) is 0 Å². The Morgan fingerprint density at radius 1 is 1.59 bits per heavy atom. The first-order valence-electron chi connectivity index (χ1n) is 5.22. The summed E-state index contributed by atoms with van der Waals surface area (Å²) in [6.07, 6.45) is 1.67. The normalized spacial score (nSPS) is 19.4. The maximum atomic E-state index is 11.8. The minimum atomic E-state index is -0.780. The number of nitrogens with zero attached hydrogens (tertiary/aromatic N) is 2. The van der Waals surface area contributed by atoms with Gasteiger partial charge in [0.2, 0.25) is 5.91 Å². The lowest BCUT2D eigenvalue weighted by Gasteiger charge is -2.39. The first-order valence-corrected chi connectivity index (χ1v) is 6.03. The van der Waals surface area contributed by atoms with E-state index in [0.29, 0.717) is 11.7 Å². The van der Waals surface area contributed by atoms with Crippen LogP contribution in [-0.4, -0.2) is 28.9 Å². The molecular formula is C10H14N4O2S. The van der Waals surface area contributed by atoms with Crippen LogP contribution in [0.3, 0.4) is 0 Å². The molecular weight excluding hydrogens is 240 g/mol. The largest absolute Gasteiger partial charge is 0.326 e. The highest BCUT2D eigenvalue weighted by Crippen LogP contribution is 2.30. The fourth-order valence-electron chi connectivity index (χ4n) is 1.61. The van der Waals surface area contributed by atoms with Gasteiger partial charge in [-0.3, -0.25) is 14.9 Å². The molecule has 0 bridgehead atoms. The fraction of sp³-hybridized carbons (Fsp3) is 0.500. The summed E-state index contributed by atoms with van der Waals surface area (Å²) in [5.74, 6) is -0.614. The quantitative estimate of drug-likeness (QED) is 0.716. The first-order chi connectivity index (χ1) is 7.95.